The quantitative estimate of drug-likeness (QED) is 0.0211. The number of carbonyl (C=O) groups is 3. The van der Waals surface area contributed by atoms with E-state index >= 15 is 0 Å². The number of ether oxygens (including phenoxy) is 4. The molecule has 0 aromatic heterocycles. The molecule has 0 radical (unpaired) electrons. The maximum Gasteiger partial charge on any atom is 0.361 e. The van der Waals surface area contributed by atoms with Gasteiger partial charge in [0.15, 0.2) is 6.10 Å². The average molecular weight is 1250 g/mol. The van der Waals surface area contributed by atoms with E-state index in [4.69, 9.17) is 18.9 Å². The molecule has 0 amide bonds. The molecule has 0 saturated carbocycles. The van der Waals surface area contributed by atoms with Crippen molar-refractivity contribution >= 4 is 17.9 Å². The Morgan fingerprint density at radius 3 is 0.944 bits per heavy atom. The first-order chi connectivity index (χ1) is 43.6. The highest BCUT2D eigenvalue weighted by Gasteiger charge is 2.25. The molecule has 0 aromatic carbocycles. The van der Waals surface area contributed by atoms with Gasteiger partial charge in [-0.3, -0.25) is 9.59 Å². The number of aliphatic carboxylic acids is 1. The number of unbranched alkanes of at least 4 members (excludes halogenated alkanes) is 41. The van der Waals surface area contributed by atoms with Gasteiger partial charge in [-0.25, -0.2) is 4.79 Å². The van der Waals surface area contributed by atoms with Gasteiger partial charge in [0.1, 0.15) is 13.2 Å². The fourth-order valence-corrected chi connectivity index (χ4v) is 10.9. The number of likely N-dealkylation sites (N-methyl/N-ethyl adjacent to an activating group) is 1. The zero-order chi connectivity index (χ0) is 64.7. The normalized spacial score (nSPS) is 13.1. The highest BCUT2D eigenvalue weighted by atomic mass is 16.7. The van der Waals surface area contributed by atoms with Crippen molar-refractivity contribution in [2.75, 3.05) is 47.5 Å². The molecule has 9 nitrogen and oxygen atoms in total. The van der Waals surface area contributed by atoms with Gasteiger partial charge in [-0.1, -0.05) is 356 Å². The highest BCUT2D eigenvalue weighted by molar-refractivity contribution is 5.71. The lowest BCUT2D eigenvalue weighted by Gasteiger charge is -2.25. The molecular weight excluding hydrogens is 1100 g/mol. The van der Waals surface area contributed by atoms with Crippen LogP contribution in [-0.2, 0) is 33.3 Å². The Hall–Kier alpha value is -3.53. The maximum absolute atomic E-state index is 12.9. The number of carboxylic acid groups (broad SMARTS) is 1. The van der Waals surface area contributed by atoms with E-state index in [1.807, 2.05) is 21.1 Å². The highest BCUT2D eigenvalue weighted by Crippen LogP contribution is 2.19. The van der Waals surface area contributed by atoms with Crippen LogP contribution in [-0.4, -0.2) is 87.4 Å². The Balaban J connectivity index is 4.00. The van der Waals surface area contributed by atoms with Crippen molar-refractivity contribution in [2.45, 2.75) is 360 Å². The average Bonchev–Trinajstić information content (AvgIpc) is 3.64. The molecule has 2 unspecified atom stereocenters. The van der Waals surface area contributed by atoms with E-state index in [1.165, 1.54) is 244 Å². The number of hydrogen-bond acceptors (Lipinski definition) is 7. The van der Waals surface area contributed by atoms with Crippen molar-refractivity contribution in [3.63, 3.8) is 0 Å². The van der Waals surface area contributed by atoms with Crippen molar-refractivity contribution in [1.29, 1.82) is 0 Å². The molecule has 0 aromatic rings. The summed E-state index contributed by atoms with van der Waals surface area (Å²) in [5.41, 5.74) is 0. The van der Waals surface area contributed by atoms with Crippen LogP contribution in [0.5, 0.6) is 0 Å². The predicted molar refractivity (Wildman–Crippen MR) is 382 cm³/mol. The summed E-state index contributed by atoms with van der Waals surface area (Å²) in [6.07, 6.45) is 93.3. The topological polar surface area (TPSA) is 108 Å². The Bertz CT molecular complexity index is 1740. The molecule has 2 atom stereocenters. The van der Waals surface area contributed by atoms with Crippen LogP contribution in [0.25, 0.3) is 0 Å². The van der Waals surface area contributed by atoms with Gasteiger partial charge in [-0.15, -0.1) is 0 Å². The summed E-state index contributed by atoms with van der Waals surface area (Å²) >= 11 is 0. The van der Waals surface area contributed by atoms with Crippen LogP contribution >= 0.6 is 0 Å². The van der Waals surface area contributed by atoms with E-state index in [0.717, 1.165) is 70.6 Å². The molecule has 0 aliphatic heterocycles. The minimum absolute atomic E-state index is 0.174. The second-order valence-electron chi connectivity index (χ2n) is 26.6. The van der Waals surface area contributed by atoms with Gasteiger partial charge >= 0.3 is 17.9 Å². The Morgan fingerprint density at radius 2 is 0.640 bits per heavy atom. The summed E-state index contributed by atoms with van der Waals surface area (Å²) in [6, 6.07) is 0. The minimum atomic E-state index is -1.53. The largest absolute Gasteiger partial charge is 0.477 e. The van der Waals surface area contributed by atoms with Crippen molar-refractivity contribution in [2.24, 2.45) is 0 Å². The number of hydrogen-bond donors (Lipinski definition) is 1. The summed E-state index contributed by atoms with van der Waals surface area (Å²) < 4.78 is 22.9. The van der Waals surface area contributed by atoms with Crippen LogP contribution < -0.4 is 0 Å². The van der Waals surface area contributed by atoms with Crippen molar-refractivity contribution in [1.82, 2.24) is 0 Å². The number of nitrogens with zero attached hydrogens (tertiary/aromatic N) is 1. The third kappa shape index (κ3) is 71.8. The van der Waals surface area contributed by atoms with Crippen LogP contribution in [0, 0.1) is 0 Å². The zero-order valence-corrected chi connectivity index (χ0v) is 59.1. The van der Waals surface area contributed by atoms with E-state index < -0.39 is 24.3 Å². The van der Waals surface area contributed by atoms with E-state index in [0.29, 0.717) is 17.4 Å². The zero-order valence-electron chi connectivity index (χ0n) is 59.1. The fraction of sp³-hybridized carbons (Fsp3) is 0.787. The van der Waals surface area contributed by atoms with Crippen LogP contribution in [0.4, 0.5) is 0 Å². The van der Waals surface area contributed by atoms with E-state index in [1.54, 1.807) is 0 Å². The smallest absolute Gasteiger partial charge is 0.361 e. The number of carbonyl (C=O) groups excluding carboxylic acids is 2. The summed E-state index contributed by atoms with van der Waals surface area (Å²) in [4.78, 5) is 37.6. The van der Waals surface area contributed by atoms with Gasteiger partial charge in [0.25, 0.3) is 6.29 Å². The Labute approximate surface area is 550 Å². The molecular formula is C80H144NO8+. The van der Waals surface area contributed by atoms with Crippen LogP contribution in [0.15, 0.2) is 85.1 Å². The van der Waals surface area contributed by atoms with Gasteiger partial charge in [0.2, 0.25) is 0 Å². The molecule has 0 heterocycles. The summed E-state index contributed by atoms with van der Waals surface area (Å²) in [5.74, 6) is -2.08. The third-order valence-electron chi connectivity index (χ3n) is 16.7. The van der Waals surface area contributed by atoms with Gasteiger partial charge in [-0.05, 0) is 64.2 Å². The molecule has 9 heteroatoms. The van der Waals surface area contributed by atoms with Gasteiger partial charge in [0, 0.05) is 12.8 Å². The Kier molecular flexibility index (Phi) is 67.6. The number of esters is 2. The van der Waals surface area contributed by atoms with Gasteiger partial charge in [-0.2, -0.15) is 0 Å². The number of rotatable bonds is 70. The molecule has 1 N–H and O–H groups in total. The second-order valence-corrected chi connectivity index (χ2v) is 26.6. The predicted octanol–water partition coefficient (Wildman–Crippen LogP) is 23.8. The first-order valence-electron chi connectivity index (χ1n) is 37.8. The minimum Gasteiger partial charge on any atom is -0.477 e. The molecule has 0 aliphatic rings. The van der Waals surface area contributed by atoms with Crippen molar-refractivity contribution in [3.05, 3.63) is 85.1 Å². The third-order valence-corrected chi connectivity index (χ3v) is 16.7. The molecule has 89 heavy (non-hydrogen) atoms. The molecule has 0 fully saturated rings. The lowest BCUT2D eigenvalue weighted by atomic mass is 10.0. The lowest BCUT2D eigenvalue weighted by Crippen LogP contribution is -2.40. The van der Waals surface area contributed by atoms with Crippen LogP contribution in [0.1, 0.15) is 348 Å². The van der Waals surface area contributed by atoms with Crippen LogP contribution in [0.3, 0.4) is 0 Å². The lowest BCUT2D eigenvalue weighted by molar-refractivity contribution is -0.870. The monoisotopic (exact) mass is 1250 g/mol. The fourth-order valence-electron chi connectivity index (χ4n) is 10.9. The van der Waals surface area contributed by atoms with Gasteiger partial charge < -0.3 is 28.5 Å². The van der Waals surface area contributed by atoms with Crippen molar-refractivity contribution in [3.8, 4) is 0 Å². The first-order valence-corrected chi connectivity index (χ1v) is 37.8. The second kappa shape index (κ2) is 70.3. The van der Waals surface area contributed by atoms with E-state index in [-0.39, 0.29) is 38.6 Å². The number of allylic oxidation sites excluding steroid dienone is 14. The van der Waals surface area contributed by atoms with E-state index in [2.05, 4.69) is 98.9 Å². The number of quaternary nitrogens is 1. The summed E-state index contributed by atoms with van der Waals surface area (Å²) in [6.45, 7) is 4.73. The van der Waals surface area contributed by atoms with Gasteiger partial charge in [0.05, 0.1) is 34.4 Å². The standard InChI is InChI=1S/C80H143NO8/c1-6-8-10-12-14-16-18-20-22-24-26-28-30-31-32-33-34-35-36-37-38-39-40-41-42-43-44-45-46-47-49-50-52-54-56-58-60-62-64-66-68-70-77(82)87-74-76(75-88-80(79(84)85)86-73-72-81(3,4)5)89-78(83)71-69-67-65-63-61-59-57-55-53-51-48-29-27-25-23-21-19-17-15-13-11-9-7-2/h9,11,15,17,21,23,27,29,51,53,57,59,63,65,76,80H,6-8,10,12-14,16,18-20,22,24-26,28,30-50,52,54-56,58,60-62,64,66-75H2,1-5H3/p+1/b11-9-,17-15-,23-21-,29-27-,53-51-,59-57-,65-63-. The Morgan fingerprint density at radius 1 is 0.348 bits per heavy atom. The number of carboxylic acids is 1. The van der Waals surface area contributed by atoms with Crippen LogP contribution in [0.2, 0.25) is 0 Å². The molecule has 0 aliphatic carbocycles. The molecule has 516 valence electrons. The SMILES string of the molecule is CC/C=C\C/C=C\C/C=C\C/C=C\C/C=C\C/C=C\C/C=C\CCCC(=O)OC(COC(=O)CCCCCCCCCCCCCCCCCCCCCCCCCCCCCCCCCCCCCCCCCCC)COC(OCC[N+](C)(C)C)C(=O)O. The summed E-state index contributed by atoms with van der Waals surface area (Å²) in [5, 5.41) is 9.74. The summed E-state index contributed by atoms with van der Waals surface area (Å²) in [7, 11) is 5.96. The molecule has 0 rings (SSSR count). The molecule has 0 saturated heterocycles. The molecule has 0 spiro atoms. The molecule has 0 bridgehead atoms. The maximum atomic E-state index is 12.9. The van der Waals surface area contributed by atoms with Crippen molar-refractivity contribution < 1.29 is 42.9 Å². The van der Waals surface area contributed by atoms with E-state index in [9.17, 15) is 19.5 Å². The first kappa shape index (κ1) is 85.5.